The number of carbonyl (C=O) groups excluding carboxylic acids is 1. The molecule has 0 fully saturated rings. The summed E-state index contributed by atoms with van der Waals surface area (Å²) in [7, 11) is 0. The molecule has 1 atom stereocenters. The van der Waals surface area contributed by atoms with Crippen LogP contribution in [0.5, 0.6) is 0 Å². The minimum atomic E-state index is -0.0344. The second-order valence-corrected chi connectivity index (χ2v) is 4.51. The van der Waals surface area contributed by atoms with Crippen LogP contribution in [0, 0.1) is 0 Å². The van der Waals surface area contributed by atoms with Crippen LogP contribution < -0.4 is 5.73 Å². The van der Waals surface area contributed by atoms with Gasteiger partial charge in [0.15, 0.2) is 0 Å². The molecule has 4 heteroatoms. The number of hydrogen-bond acceptors (Lipinski definition) is 3. The molecule has 1 amide bonds. The fraction of sp³-hybridized carbons (Fsp3) is 0.917. The maximum atomic E-state index is 11.9. The number of amides is 1. The van der Waals surface area contributed by atoms with Crippen molar-refractivity contribution in [3.05, 3.63) is 0 Å². The van der Waals surface area contributed by atoms with E-state index in [-0.39, 0.29) is 24.6 Å². The minimum absolute atomic E-state index is 0.0344. The molecule has 0 heterocycles. The third kappa shape index (κ3) is 6.08. The van der Waals surface area contributed by atoms with Gasteiger partial charge in [0.25, 0.3) is 0 Å². The highest BCUT2D eigenvalue weighted by Crippen LogP contribution is 2.07. The number of aliphatic hydroxyl groups excluding tert-OH is 1. The molecule has 0 radical (unpaired) electrons. The molecule has 0 aliphatic heterocycles. The van der Waals surface area contributed by atoms with Gasteiger partial charge in [-0.15, -0.1) is 0 Å². The quantitative estimate of drug-likeness (QED) is 0.656. The van der Waals surface area contributed by atoms with Crippen molar-refractivity contribution >= 4 is 5.91 Å². The van der Waals surface area contributed by atoms with E-state index in [1.807, 2.05) is 13.8 Å². The third-order valence-corrected chi connectivity index (χ3v) is 2.60. The lowest BCUT2D eigenvalue weighted by Crippen LogP contribution is -2.41. The Kier molecular flexibility index (Phi) is 8.21. The first-order valence-electron chi connectivity index (χ1n) is 6.18. The summed E-state index contributed by atoms with van der Waals surface area (Å²) in [5.74, 6) is 0.101. The van der Waals surface area contributed by atoms with Crippen molar-refractivity contribution in [3.8, 4) is 0 Å². The first kappa shape index (κ1) is 15.4. The van der Waals surface area contributed by atoms with Gasteiger partial charge in [-0.25, -0.2) is 0 Å². The largest absolute Gasteiger partial charge is 0.396 e. The molecule has 0 rings (SSSR count). The SMILES string of the molecule is CCCC(N)CC(=O)N(CCCO)C(C)C. The number of aliphatic hydroxyl groups is 1. The Balaban J connectivity index is 4.16. The molecule has 0 aromatic carbocycles. The topological polar surface area (TPSA) is 66.6 Å². The monoisotopic (exact) mass is 230 g/mol. The molecule has 96 valence electrons. The molecule has 0 bridgehead atoms. The van der Waals surface area contributed by atoms with Gasteiger partial charge >= 0.3 is 0 Å². The summed E-state index contributed by atoms with van der Waals surface area (Å²) in [6.07, 6.45) is 2.94. The van der Waals surface area contributed by atoms with Gasteiger partial charge in [0, 0.05) is 31.7 Å². The molecule has 0 aliphatic rings. The van der Waals surface area contributed by atoms with Crippen molar-refractivity contribution in [1.29, 1.82) is 0 Å². The van der Waals surface area contributed by atoms with Crippen LogP contribution in [0.15, 0.2) is 0 Å². The summed E-state index contributed by atoms with van der Waals surface area (Å²) in [5, 5.41) is 8.78. The Bertz CT molecular complexity index is 195. The average Bonchev–Trinajstić information content (AvgIpc) is 2.17. The van der Waals surface area contributed by atoms with Gasteiger partial charge < -0.3 is 15.7 Å². The summed E-state index contributed by atoms with van der Waals surface area (Å²) in [6, 6.07) is 0.140. The Morgan fingerprint density at radius 3 is 2.50 bits per heavy atom. The summed E-state index contributed by atoms with van der Waals surface area (Å²) < 4.78 is 0. The van der Waals surface area contributed by atoms with Crippen molar-refractivity contribution in [1.82, 2.24) is 4.90 Å². The second-order valence-electron chi connectivity index (χ2n) is 4.51. The zero-order chi connectivity index (χ0) is 12.6. The molecular weight excluding hydrogens is 204 g/mol. The van der Waals surface area contributed by atoms with Gasteiger partial charge in [-0.1, -0.05) is 13.3 Å². The predicted molar refractivity (Wildman–Crippen MR) is 66.1 cm³/mol. The average molecular weight is 230 g/mol. The lowest BCUT2D eigenvalue weighted by atomic mass is 10.1. The van der Waals surface area contributed by atoms with Crippen molar-refractivity contribution < 1.29 is 9.90 Å². The van der Waals surface area contributed by atoms with Crippen LogP contribution in [0.4, 0.5) is 0 Å². The van der Waals surface area contributed by atoms with E-state index in [0.717, 1.165) is 12.8 Å². The molecule has 16 heavy (non-hydrogen) atoms. The van der Waals surface area contributed by atoms with Crippen molar-refractivity contribution in [2.45, 2.75) is 58.5 Å². The third-order valence-electron chi connectivity index (χ3n) is 2.60. The van der Waals surface area contributed by atoms with E-state index in [1.165, 1.54) is 0 Å². The molecule has 0 aromatic heterocycles. The number of hydrogen-bond donors (Lipinski definition) is 2. The molecule has 3 N–H and O–H groups in total. The van der Waals surface area contributed by atoms with Crippen LogP contribution in [-0.4, -0.2) is 41.1 Å². The maximum Gasteiger partial charge on any atom is 0.224 e. The highest BCUT2D eigenvalue weighted by molar-refractivity contribution is 5.77. The molecule has 0 aromatic rings. The van der Waals surface area contributed by atoms with Gasteiger partial charge in [-0.3, -0.25) is 4.79 Å². The van der Waals surface area contributed by atoms with Crippen molar-refractivity contribution in [2.75, 3.05) is 13.2 Å². The zero-order valence-corrected chi connectivity index (χ0v) is 10.8. The Morgan fingerprint density at radius 1 is 1.44 bits per heavy atom. The number of nitrogens with two attached hydrogens (primary N) is 1. The van der Waals surface area contributed by atoms with Gasteiger partial charge in [0.1, 0.15) is 0 Å². The standard InChI is InChI=1S/C12H26N2O2/c1-4-6-11(13)9-12(16)14(10(2)3)7-5-8-15/h10-11,15H,4-9,13H2,1-3H3. The van der Waals surface area contributed by atoms with E-state index in [0.29, 0.717) is 19.4 Å². The van der Waals surface area contributed by atoms with E-state index in [9.17, 15) is 4.79 Å². The van der Waals surface area contributed by atoms with Crippen LogP contribution in [0.25, 0.3) is 0 Å². The fourth-order valence-electron chi connectivity index (χ4n) is 1.73. The van der Waals surface area contributed by atoms with Crippen LogP contribution >= 0.6 is 0 Å². The minimum Gasteiger partial charge on any atom is -0.396 e. The summed E-state index contributed by atoms with van der Waals surface area (Å²) in [6.45, 7) is 6.78. The van der Waals surface area contributed by atoms with Crippen molar-refractivity contribution in [2.24, 2.45) is 5.73 Å². The number of carbonyl (C=O) groups is 1. The van der Waals surface area contributed by atoms with Crippen LogP contribution in [0.1, 0.15) is 46.5 Å². The normalized spacial score (nSPS) is 12.9. The van der Waals surface area contributed by atoms with E-state index < -0.39 is 0 Å². The Morgan fingerprint density at radius 2 is 2.06 bits per heavy atom. The first-order valence-corrected chi connectivity index (χ1v) is 6.18. The van der Waals surface area contributed by atoms with Gasteiger partial charge in [-0.05, 0) is 26.7 Å². The summed E-state index contributed by atoms with van der Waals surface area (Å²) >= 11 is 0. The molecule has 0 saturated heterocycles. The van der Waals surface area contributed by atoms with E-state index in [1.54, 1.807) is 4.90 Å². The first-order chi connectivity index (χ1) is 7.52. The molecule has 4 nitrogen and oxygen atoms in total. The van der Waals surface area contributed by atoms with E-state index >= 15 is 0 Å². The van der Waals surface area contributed by atoms with Crippen LogP contribution in [0.3, 0.4) is 0 Å². The number of rotatable bonds is 8. The zero-order valence-electron chi connectivity index (χ0n) is 10.8. The second kappa shape index (κ2) is 8.53. The van der Waals surface area contributed by atoms with E-state index in [4.69, 9.17) is 10.8 Å². The van der Waals surface area contributed by atoms with Crippen LogP contribution in [0.2, 0.25) is 0 Å². The summed E-state index contributed by atoms with van der Waals surface area (Å²) in [5.41, 5.74) is 5.85. The van der Waals surface area contributed by atoms with Gasteiger partial charge in [-0.2, -0.15) is 0 Å². The van der Waals surface area contributed by atoms with Crippen molar-refractivity contribution in [3.63, 3.8) is 0 Å². The lowest BCUT2D eigenvalue weighted by Gasteiger charge is -2.27. The van der Waals surface area contributed by atoms with Crippen LogP contribution in [-0.2, 0) is 4.79 Å². The fourth-order valence-corrected chi connectivity index (χ4v) is 1.73. The Labute approximate surface area is 98.8 Å². The molecular formula is C12H26N2O2. The smallest absolute Gasteiger partial charge is 0.224 e. The Hall–Kier alpha value is -0.610. The van der Waals surface area contributed by atoms with Gasteiger partial charge in [0.05, 0.1) is 0 Å². The van der Waals surface area contributed by atoms with E-state index in [2.05, 4.69) is 6.92 Å². The number of nitrogens with zero attached hydrogens (tertiary/aromatic N) is 1. The maximum absolute atomic E-state index is 11.9. The molecule has 0 spiro atoms. The highest BCUT2D eigenvalue weighted by atomic mass is 16.3. The lowest BCUT2D eigenvalue weighted by molar-refractivity contribution is -0.133. The molecule has 0 aliphatic carbocycles. The van der Waals surface area contributed by atoms with Gasteiger partial charge in [0.2, 0.25) is 5.91 Å². The molecule has 1 unspecified atom stereocenters. The predicted octanol–water partition coefficient (Wildman–Crippen LogP) is 1.12. The summed E-state index contributed by atoms with van der Waals surface area (Å²) in [4.78, 5) is 13.7. The highest BCUT2D eigenvalue weighted by Gasteiger charge is 2.18. The molecule has 0 saturated carbocycles.